The summed E-state index contributed by atoms with van der Waals surface area (Å²) < 4.78 is 4.01. The highest BCUT2D eigenvalue weighted by Crippen LogP contribution is 2.28. The van der Waals surface area contributed by atoms with E-state index >= 15 is 0 Å². The van der Waals surface area contributed by atoms with Gasteiger partial charge in [0.05, 0.1) is 5.69 Å². The van der Waals surface area contributed by atoms with Crippen LogP contribution in [-0.2, 0) is 9.59 Å². The molecule has 0 bridgehead atoms. The fourth-order valence-corrected chi connectivity index (χ4v) is 2.73. The zero-order chi connectivity index (χ0) is 15.6. The summed E-state index contributed by atoms with van der Waals surface area (Å²) in [6.07, 6.45) is 0. The Morgan fingerprint density at radius 1 is 1.29 bits per heavy atom. The minimum absolute atomic E-state index is 0.314. The zero-order valence-electron chi connectivity index (χ0n) is 11.9. The van der Waals surface area contributed by atoms with Crippen LogP contribution in [-0.4, -0.2) is 45.3 Å². The van der Waals surface area contributed by atoms with E-state index in [4.69, 9.17) is 5.26 Å². The van der Waals surface area contributed by atoms with Crippen molar-refractivity contribution in [1.82, 2.24) is 14.4 Å². The maximum absolute atomic E-state index is 12.1. The quantitative estimate of drug-likeness (QED) is 0.619. The van der Waals surface area contributed by atoms with Crippen LogP contribution in [0.2, 0.25) is 0 Å². The summed E-state index contributed by atoms with van der Waals surface area (Å²) in [6, 6.07) is 0.817. The molecule has 8 nitrogen and oxygen atoms in total. The van der Waals surface area contributed by atoms with Crippen molar-refractivity contribution in [3.05, 3.63) is 11.3 Å². The summed E-state index contributed by atoms with van der Waals surface area (Å²) in [5, 5.41) is 19.8. The van der Waals surface area contributed by atoms with E-state index in [0.29, 0.717) is 29.3 Å². The van der Waals surface area contributed by atoms with E-state index in [9.17, 15) is 9.59 Å². The second kappa shape index (κ2) is 5.97. The summed E-state index contributed by atoms with van der Waals surface area (Å²) in [5.74, 6) is -0.791. The Morgan fingerprint density at radius 3 is 2.33 bits per heavy atom. The highest BCUT2D eigenvalue weighted by atomic mass is 32.1. The van der Waals surface area contributed by atoms with Gasteiger partial charge in [-0.15, -0.1) is 5.11 Å². The number of nitrogens with zero attached hydrogens (tertiary/aromatic N) is 6. The maximum Gasteiger partial charge on any atom is 0.277 e. The first-order valence-corrected chi connectivity index (χ1v) is 7.22. The van der Waals surface area contributed by atoms with Gasteiger partial charge in [0.15, 0.2) is 5.00 Å². The molecule has 110 valence electrons. The molecule has 21 heavy (non-hydrogen) atoms. The Hall–Kier alpha value is -2.34. The van der Waals surface area contributed by atoms with E-state index in [1.165, 1.54) is 10.0 Å². The van der Waals surface area contributed by atoms with Gasteiger partial charge in [0.1, 0.15) is 11.6 Å². The number of hydrogen-bond donors (Lipinski definition) is 0. The number of hydrazine groups is 1. The minimum atomic E-state index is -1.17. The molecule has 1 aliphatic rings. The van der Waals surface area contributed by atoms with Gasteiger partial charge in [0.2, 0.25) is 6.04 Å². The summed E-state index contributed by atoms with van der Waals surface area (Å²) in [4.78, 5) is 24.3. The molecular weight excluding hydrogens is 292 g/mol. The van der Waals surface area contributed by atoms with Crippen molar-refractivity contribution in [2.45, 2.75) is 26.8 Å². The van der Waals surface area contributed by atoms with Gasteiger partial charge in [-0.1, -0.05) is 0 Å². The average Bonchev–Trinajstić information content (AvgIpc) is 2.94. The van der Waals surface area contributed by atoms with E-state index in [-0.39, 0.29) is 0 Å². The maximum atomic E-state index is 12.1. The molecule has 2 amide bonds. The van der Waals surface area contributed by atoms with Crippen LogP contribution in [0.25, 0.3) is 0 Å². The zero-order valence-corrected chi connectivity index (χ0v) is 12.7. The van der Waals surface area contributed by atoms with Gasteiger partial charge in [-0.3, -0.25) is 9.59 Å². The molecule has 1 aromatic rings. The Morgan fingerprint density at radius 2 is 1.86 bits per heavy atom. The number of hydrogen-bond acceptors (Lipinski definition) is 7. The molecule has 9 heteroatoms. The fraction of sp³-hybridized carbons (Fsp3) is 0.500. The molecule has 2 rings (SSSR count). The second-order valence-corrected chi connectivity index (χ2v) is 5.04. The first kappa shape index (κ1) is 15.1. The van der Waals surface area contributed by atoms with Crippen molar-refractivity contribution < 1.29 is 9.59 Å². The van der Waals surface area contributed by atoms with Crippen LogP contribution in [0.15, 0.2) is 10.2 Å². The summed E-state index contributed by atoms with van der Waals surface area (Å²) in [6.45, 7) is 6.06. The molecule has 1 aromatic heterocycles. The SMILES string of the molecule is CCN1C(=O)C(N=Nc2snc(C)c2C#N)C(=O)N1CC. The van der Waals surface area contributed by atoms with Crippen molar-refractivity contribution in [2.75, 3.05) is 13.1 Å². The first-order chi connectivity index (χ1) is 10.0. The molecule has 2 heterocycles. The Labute approximate surface area is 125 Å². The van der Waals surface area contributed by atoms with Gasteiger partial charge in [-0.25, -0.2) is 10.0 Å². The van der Waals surface area contributed by atoms with Crippen LogP contribution in [0.3, 0.4) is 0 Å². The molecule has 0 N–H and O–H groups in total. The molecule has 0 aliphatic carbocycles. The molecule has 0 spiro atoms. The number of aryl methyl sites for hydroxylation is 1. The van der Waals surface area contributed by atoms with Crippen LogP contribution in [0.1, 0.15) is 25.1 Å². The normalized spacial score (nSPS) is 16.3. The van der Waals surface area contributed by atoms with Crippen molar-refractivity contribution in [3.8, 4) is 6.07 Å². The average molecular weight is 306 g/mol. The lowest BCUT2D eigenvalue weighted by Gasteiger charge is -2.24. The van der Waals surface area contributed by atoms with Gasteiger partial charge < -0.3 is 0 Å². The Kier molecular flexibility index (Phi) is 4.28. The Bertz CT molecular complexity index is 625. The lowest BCUT2D eigenvalue weighted by molar-refractivity contribution is -0.145. The predicted molar refractivity (Wildman–Crippen MR) is 74.6 cm³/mol. The largest absolute Gasteiger partial charge is 0.277 e. The molecule has 0 aromatic carbocycles. The van der Waals surface area contributed by atoms with E-state index in [0.717, 1.165) is 11.5 Å². The van der Waals surface area contributed by atoms with Crippen molar-refractivity contribution in [2.24, 2.45) is 10.2 Å². The van der Waals surface area contributed by atoms with E-state index < -0.39 is 17.9 Å². The topological polar surface area (TPSA) is 102 Å². The predicted octanol–water partition coefficient (Wildman–Crippen LogP) is 1.40. The third-order valence-electron chi connectivity index (χ3n) is 3.09. The van der Waals surface area contributed by atoms with Gasteiger partial charge in [-0.2, -0.15) is 14.7 Å². The van der Waals surface area contributed by atoms with Crippen LogP contribution < -0.4 is 0 Å². The van der Waals surface area contributed by atoms with Gasteiger partial charge in [-0.05, 0) is 32.3 Å². The molecular formula is C12H14N6O2S. The lowest BCUT2D eigenvalue weighted by Crippen LogP contribution is -2.40. The minimum Gasteiger partial charge on any atom is -0.270 e. The van der Waals surface area contributed by atoms with Gasteiger partial charge in [0, 0.05) is 13.1 Å². The van der Waals surface area contributed by atoms with Crippen molar-refractivity contribution in [3.63, 3.8) is 0 Å². The van der Waals surface area contributed by atoms with Crippen LogP contribution in [0, 0.1) is 18.3 Å². The van der Waals surface area contributed by atoms with Crippen LogP contribution in [0.5, 0.6) is 0 Å². The molecule has 0 saturated carbocycles. The highest BCUT2D eigenvalue weighted by molar-refractivity contribution is 7.10. The summed E-state index contributed by atoms with van der Waals surface area (Å²) in [5.41, 5.74) is 0.882. The number of rotatable bonds is 4. The number of carbonyl (C=O) groups excluding carboxylic acids is 2. The van der Waals surface area contributed by atoms with E-state index in [1.807, 2.05) is 6.07 Å². The number of carbonyl (C=O) groups is 2. The number of likely N-dealkylation sites (N-methyl/N-ethyl adjacent to an activating group) is 2. The van der Waals surface area contributed by atoms with E-state index in [2.05, 4.69) is 14.6 Å². The summed E-state index contributed by atoms with van der Waals surface area (Å²) >= 11 is 1.02. The van der Waals surface area contributed by atoms with Gasteiger partial charge in [0.25, 0.3) is 11.8 Å². The lowest BCUT2D eigenvalue weighted by atomic mass is 10.3. The fourth-order valence-electron chi connectivity index (χ4n) is 2.04. The Balaban J connectivity index is 2.27. The molecule has 1 fully saturated rings. The number of azo groups is 1. The molecule has 1 aliphatic heterocycles. The second-order valence-electron chi connectivity index (χ2n) is 4.29. The third-order valence-corrected chi connectivity index (χ3v) is 3.91. The van der Waals surface area contributed by atoms with Crippen molar-refractivity contribution >= 4 is 28.3 Å². The number of nitriles is 1. The van der Waals surface area contributed by atoms with Gasteiger partial charge >= 0.3 is 0 Å². The standard InChI is InChI=1S/C12H14N6O2S/c1-4-17-11(19)9(12(20)18(17)5-2)14-15-10-8(6-13)7(3)16-21-10/h9H,4-5H2,1-3H3. The first-order valence-electron chi connectivity index (χ1n) is 6.45. The molecule has 0 atom stereocenters. The van der Waals surface area contributed by atoms with E-state index in [1.54, 1.807) is 20.8 Å². The van der Waals surface area contributed by atoms with Crippen molar-refractivity contribution in [1.29, 1.82) is 5.26 Å². The molecule has 0 unspecified atom stereocenters. The third kappa shape index (κ3) is 2.50. The number of amides is 2. The monoisotopic (exact) mass is 306 g/mol. The van der Waals surface area contributed by atoms with Crippen LogP contribution in [0.4, 0.5) is 5.00 Å². The number of aromatic nitrogens is 1. The smallest absolute Gasteiger partial charge is 0.270 e. The molecule has 0 radical (unpaired) electrons. The summed E-state index contributed by atoms with van der Waals surface area (Å²) in [7, 11) is 0. The molecule has 1 saturated heterocycles. The highest BCUT2D eigenvalue weighted by Gasteiger charge is 2.44. The van der Waals surface area contributed by atoms with Crippen LogP contribution >= 0.6 is 11.5 Å².